The van der Waals surface area contributed by atoms with E-state index in [1.54, 1.807) is 6.20 Å². The molecule has 6 heteroatoms. The van der Waals surface area contributed by atoms with Crippen LogP contribution in [0, 0.1) is 0 Å². The Labute approximate surface area is 122 Å². The summed E-state index contributed by atoms with van der Waals surface area (Å²) in [6.07, 6.45) is 6.40. The number of nitrogens with zero attached hydrogens (tertiary/aromatic N) is 3. The normalized spacial score (nSPS) is 11.1. The number of aromatic nitrogens is 3. The van der Waals surface area contributed by atoms with E-state index in [-0.39, 0.29) is 5.75 Å². The van der Waals surface area contributed by atoms with Crippen LogP contribution in [0.4, 0.5) is 0 Å². The molecule has 0 saturated carbocycles. The number of fused-ring (bicyclic) bond motifs is 1. The van der Waals surface area contributed by atoms with E-state index in [0.29, 0.717) is 0 Å². The molecule has 0 saturated heterocycles. The van der Waals surface area contributed by atoms with E-state index in [2.05, 4.69) is 16.9 Å². The van der Waals surface area contributed by atoms with Crippen molar-refractivity contribution < 1.29 is 9.90 Å². The largest absolute Gasteiger partial charge is 0.481 e. The summed E-state index contributed by atoms with van der Waals surface area (Å²) in [6, 6.07) is 3.76. The van der Waals surface area contributed by atoms with Crippen molar-refractivity contribution in [3.63, 3.8) is 0 Å². The standard InChI is InChI=1S/C14H19N3O2S/c1-2-3-4-5-9-17-13-11(7-6-8-15-13)16-14(17)20-10-12(18)19/h6-8H,2-5,9-10H2,1H3,(H,18,19). The molecule has 2 aromatic heterocycles. The zero-order valence-corrected chi connectivity index (χ0v) is 12.4. The number of rotatable bonds is 8. The molecule has 5 nitrogen and oxygen atoms in total. The molecule has 0 aliphatic heterocycles. The van der Waals surface area contributed by atoms with Crippen molar-refractivity contribution in [2.24, 2.45) is 0 Å². The van der Waals surface area contributed by atoms with E-state index in [9.17, 15) is 4.79 Å². The molecule has 0 bridgehead atoms. The van der Waals surface area contributed by atoms with Gasteiger partial charge in [-0.2, -0.15) is 0 Å². The van der Waals surface area contributed by atoms with Gasteiger partial charge >= 0.3 is 5.97 Å². The summed E-state index contributed by atoms with van der Waals surface area (Å²) in [7, 11) is 0. The second kappa shape index (κ2) is 7.28. The third-order valence-electron chi connectivity index (χ3n) is 3.03. The van der Waals surface area contributed by atoms with Crippen LogP contribution in [-0.4, -0.2) is 31.4 Å². The molecular formula is C14H19N3O2S. The highest BCUT2D eigenvalue weighted by molar-refractivity contribution is 7.99. The molecule has 0 spiro atoms. The van der Waals surface area contributed by atoms with Crippen molar-refractivity contribution in [1.29, 1.82) is 0 Å². The number of pyridine rings is 1. The third-order valence-corrected chi connectivity index (χ3v) is 3.99. The van der Waals surface area contributed by atoms with Gasteiger partial charge in [0.1, 0.15) is 5.52 Å². The first-order valence-electron chi connectivity index (χ1n) is 6.88. The van der Waals surface area contributed by atoms with Gasteiger partial charge in [-0.25, -0.2) is 9.97 Å². The predicted molar refractivity (Wildman–Crippen MR) is 80.0 cm³/mol. The van der Waals surface area contributed by atoms with Crippen molar-refractivity contribution in [1.82, 2.24) is 14.5 Å². The van der Waals surface area contributed by atoms with Gasteiger partial charge in [0.25, 0.3) is 0 Å². The third kappa shape index (κ3) is 3.72. The number of hydrogen-bond donors (Lipinski definition) is 1. The topological polar surface area (TPSA) is 68.0 Å². The van der Waals surface area contributed by atoms with E-state index >= 15 is 0 Å². The monoisotopic (exact) mass is 293 g/mol. The average molecular weight is 293 g/mol. The number of carbonyl (C=O) groups is 1. The number of aryl methyl sites for hydroxylation is 1. The zero-order chi connectivity index (χ0) is 14.4. The first-order chi connectivity index (χ1) is 9.72. The summed E-state index contributed by atoms with van der Waals surface area (Å²) in [5, 5.41) is 9.56. The number of carboxylic acid groups (broad SMARTS) is 1. The molecule has 0 aromatic carbocycles. The molecule has 2 rings (SSSR count). The summed E-state index contributed by atoms with van der Waals surface area (Å²) in [6.45, 7) is 3.03. The second-order valence-corrected chi connectivity index (χ2v) is 5.58. The fourth-order valence-corrected chi connectivity index (χ4v) is 2.82. The fourth-order valence-electron chi connectivity index (χ4n) is 2.07. The molecule has 108 valence electrons. The SMILES string of the molecule is CCCCCCn1c(SCC(=O)O)nc2cccnc21. The molecule has 1 N–H and O–H groups in total. The molecule has 2 heterocycles. The Morgan fingerprint density at radius 3 is 3.00 bits per heavy atom. The maximum absolute atomic E-state index is 10.7. The number of imidazole rings is 1. The van der Waals surface area contributed by atoms with E-state index in [1.807, 2.05) is 16.7 Å². The number of unbranched alkanes of at least 4 members (excludes halogenated alkanes) is 3. The summed E-state index contributed by atoms with van der Waals surface area (Å²) in [5.74, 6) is -0.800. The number of thioether (sulfide) groups is 1. The molecule has 0 atom stereocenters. The molecule has 20 heavy (non-hydrogen) atoms. The molecule has 2 aromatic rings. The van der Waals surface area contributed by atoms with Crippen molar-refractivity contribution in [2.45, 2.75) is 44.3 Å². The maximum atomic E-state index is 10.7. The van der Waals surface area contributed by atoms with Crippen LogP contribution in [-0.2, 0) is 11.3 Å². The molecule has 0 fully saturated rings. The maximum Gasteiger partial charge on any atom is 0.313 e. The van der Waals surface area contributed by atoms with Crippen LogP contribution in [0.15, 0.2) is 23.5 Å². The highest BCUT2D eigenvalue weighted by Gasteiger charge is 2.13. The van der Waals surface area contributed by atoms with Gasteiger partial charge in [0.05, 0.1) is 5.75 Å². The van der Waals surface area contributed by atoms with Gasteiger partial charge in [0, 0.05) is 12.7 Å². The Morgan fingerprint density at radius 1 is 1.40 bits per heavy atom. The number of carboxylic acids is 1. The van der Waals surface area contributed by atoms with Crippen molar-refractivity contribution in [2.75, 3.05) is 5.75 Å². The van der Waals surface area contributed by atoms with Crippen LogP contribution in [0.25, 0.3) is 11.2 Å². The Hall–Kier alpha value is -1.56. The van der Waals surface area contributed by atoms with Crippen LogP contribution >= 0.6 is 11.8 Å². The molecule has 0 amide bonds. The van der Waals surface area contributed by atoms with Gasteiger partial charge in [0.2, 0.25) is 0 Å². The van der Waals surface area contributed by atoms with Gasteiger partial charge in [-0.1, -0.05) is 37.9 Å². The van der Waals surface area contributed by atoms with Gasteiger partial charge in [0.15, 0.2) is 10.8 Å². The van der Waals surface area contributed by atoms with Gasteiger partial charge in [-0.3, -0.25) is 4.79 Å². The first kappa shape index (κ1) is 14.8. The number of aliphatic carboxylic acids is 1. The predicted octanol–water partition coefficient (Wildman–Crippen LogP) is 3.19. The molecule has 0 aliphatic rings. The Balaban J connectivity index is 2.18. The lowest BCUT2D eigenvalue weighted by molar-refractivity contribution is -0.133. The smallest absolute Gasteiger partial charge is 0.313 e. The molecule has 0 unspecified atom stereocenters. The van der Waals surface area contributed by atoms with E-state index < -0.39 is 5.97 Å². The lowest BCUT2D eigenvalue weighted by Gasteiger charge is -2.07. The Morgan fingerprint density at radius 2 is 2.25 bits per heavy atom. The van der Waals surface area contributed by atoms with Gasteiger partial charge in [-0.15, -0.1) is 0 Å². The highest BCUT2D eigenvalue weighted by Crippen LogP contribution is 2.23. The first-order valence-corrected chi connectivity index (χ1v) is 7.86. The van der Waals surface area contributed by atoms with Crippen LogP contribution in [0.1, 0.15) is 32.6 Å². The van der Waals surface area contributed by atoms with E-state index in [1.165, 1.54) is 31.0 Å². The van der Waals surface area contributed by atoms with Gasteiger partial charge < -0.3 is 9.67 Å². The van der Waals surface area contributed by atoms with Crippen LogP contribution in [0.3, 0.4) is 0 Å². The zero-order valence-electron chi connectivity index (χ0n) is 11.6. The lowest BCUT2D eigenvalue weighted by Crippen LogP contribution is -2.04. The van der Waals surface area contributed by atoms with Crippen molar-refractivity contribution in [3.05, 3.63) is 18.3 Å². The van der Waals surface area contributed by atoms with E-state index in [0.717, 1.165) is 29.3 Å². The van der Waals surface area contributed by atoms with Crippen LogP contribution in [0.5, 0.6) is 0 Å². The van der Waals surface area contributed by atoms with Crippen LogP contribution < -0.4 is 0 Å². The van der Waals surface area contributed by atoms with Gasteiger partial charge in [-0.05, 0) is 18.6 Å². The highest BCUT2D eigenvalue weighted by atomic mass is 32.2. The average Bonchev–Trinajstić information content (AvgIpc) is 2.79. The summed E-state index contributed by atoms with van der Waals surface area (Å²) >= 11 is 1.26. The van der Waals surface area contributed by atoms with Crippen LogP contribution in [0.2, 0.25) is 0 Å². The Kier molecular flexibility index (Phi) is 5.40. The minimum absolute atomic E-state index is 0.0261. The Bertz CT molecular complexity index is 583. The summed E-state index contributed by atoms with van der Waals surface area (Å²) in [4.78, 5) is 19.6. The second-order valence-electron chi connectivity index (χ2n) is 4.64. The molecule has 0 radical (unpaired) electrons. The molecule has 0 aliphatic carbocycles. The summed E-state index contributed by atoms with van der Waals surface area (Å²) in [5.41, 5.74) is 1.67. The number of hydrogen-bond acceptors (Lipinski definition) is 4. The minimum atomic E-state index is -0.826. The van der Waals surface area contributed by atoms with Crippen molar-refractivity contribution in [3.8, 4) is 0 Å². The minimum Gasteiger partial charge on any atom is -0.481 e. The molecular weight excluding hydrogens is 274 g/mol. The summed E-state index contributed by atoms with van der Waals surface area (Å²) < 4.78 is 2.04. The quantitative estimate of drug-likeness (QED) is 0.598. The van der Waals surface area contributed by atoms with Crippen molar-refractivity contribution >= 4 is 28.9 Å². The lowest BCUT2D eigenvalue weighted by atomic mass is 10.2. The fraction of sp³-hybridized carbons (Fsp3) is 0.500. The van der Waals surface area contributed by atoms with E-state index in [4.69, 9.17) is 5.11 Å².